The summed E-state index contributed by atoms with van der Waals surface area (Å²) in [7, 11) is 1.34. The highest BCUT2D eigenvalue weighted by Crippen LogP contribution is 2.37. The molecule has 1 aromatic carbocycles. The quantitative estimate of drug-likeness (QED) is 0.818. The molecule has 1 fully saturated rings. The first-order chi connectivity index (χ1) is 10.5. The zero-order valence-electron chi connectivity index (χ0n) is 12.8. The first-order valence-corrected chi connectivity index (χ1v) is 7.23. The van der Waals surface area contributed by atoms with Crippen LogP contribution in [0, 0.1) is 0 Å². The van der Waals surface area contributed by atoms with Crippen LogP contribution in [-0.2, 0) is 6.18 Å². The van der Waals surface area contributed by atoms with Gasteiger partial charge in [0.2, 0.25) is 0 Å². The highest BCUT2D eigenvalue weighted by atomic mass is 35.5. The van der Waals surface area contributed by atoms with E-state index >= 15 is 0 Å². The summed E-state index contributed by atoms with van der Waals surface area (Å²) in [5, 5.41) is 3.21. The molecule has 8 heteroatoms. The fourth-order valence-electron chi connectivity index (χ4n) is 2.79. The molecule has 3 nitrogen and oxygen atoms in total. The molecule has 1 aliphatic rings. The average Bonchev–Trinajstić information content (AvgIpc) is 2.52. The van der Waals surface area contributed by atoms with Crippen LogP contribution in [0.2, 0.25) is 0 Å². The number of hydrogen-bond donors (Lipinski definition) is 1. The van der Waals surface area contributed by atoms with Gasteiger partial charge in [0.15, 0.2) is 0 Å². The van der Waals surface area contributed by atoms with E-state index in [1.165, 1.54) is 13.2 Å². The van der Waals surface area contributed by atoms with Gasteiger partial charge in [-0.1, -0.05) is 6.07 Å². The van der Waals surface area contributed by atoms with Crippen LogP contribution >= 0.6 is 12.4 Å². The third kappa shape index (κ3) is 4.96. The molecular formula is C15H21ClF4N2O. The van der Waals surface area contributed by atoms with E-state index in [-0.39, 0.29) is 30.6 Å². The van der Waals surface area contributed by atoms with Gasteiger partial charge in [-0.2, -0.15) is 13.2 Å². The summed E-state index contributed by atoms with van der Waals surface area (Å²) in [6.07, 6.45) is -4.18. The topological polar surface area (TPSA) is 24.5 Å². The Hall–Kier alpha value is -1.05. The van der Waals surface area contributed by atoms with Crippen LogP contribution in [0.1, 0.15) is 23.6 Å². The van der Waals surface area contributed by atoms with E-state index in [2.05, 4.69) is 10.2 Å². The molecule has 1 heterocycles. The van der Waals surface area contributed by atoms with Gasteiger partial charge in [0, 0.05) is 37.8 Å². The molecule has 1 aromatic rings. The minimum Gasteiger partial charge on any atom is -0.496 e. The van der Waals surface area contributed by atoms with Gasteiger partial charge in [-0.15, -0.1) is 12.4 Å². The van der Waals surface area contributed by atoms with Crippen molar-refractivity contribution in [2.75, 3.05) is 40.0 Å². The molecule has 0 aromatic heterocycles. The Morgan fingerprint density at radius 2 is 1.91 bits per heavy atom. The van der Waals surface area contributed by atoms with Crippen molar-refractivity contribution in [1.82, 2.24) is 10.2 Å². The lowest BCUT2D eigenvalue weighted by Gasteiger charge is -2.35. The number of nitrogens with zero attached hydrogens (tertiary/aromatic N) is 1. The van der Waals surface area contributed by atoms with Crippen LogP contribution in [0.5, 0.6) is 5.75 Å². The van der Waals surface area contributed by atoms with Gasteiger partial charge in [-0.05, 0) is 18.6 Å². The summed E-state index contributed by atoms with van der Waals surface area (Å²) in [6, 6.07) is 3.15. The van der Waals surface area contributed by atoms with E-state index < -0.39 is 18.4 Å². The maximum absolute atomic E-state index is 12.9. The van der Waals surface area contributed by atoms with Crippen LogP contribution in [0.3, 0.4) is 0 Å². The lowest BCUT2D eigenvalue weighted by molar-refractivity contribution is -0.137. The Balaban J connectivity index is 0.00000264. The Kier molecular flexibility index (Phi) is 7.57. The molecule has 0 unspecified atom stereocenters. The maximum Gasteiger partial charge on any atom is 0.416 e. The largest absolute Gasteiger partial charge is 0.496 e. The molecule has 2 rings (SSSR count). The number of methoxy groups -OCH3 is 1. The summed E-state index contributed by atoms with van der Waals surface area (Å²) in [5.74, 6) is 0.159. The second-order valence-corrected chi connectivity index (χ2v) is 5.23. The molecule has 0 aliphatic carbocycles. The van der Waals surface area contributed by atoms with E-state index in [0.29, 0.717) is 5.56 Å². The third-order valence-corrected chi connectivity index (χ3v) is 3.89. The molecule has 0 spiro atoms. The number of ether oxygens (including phenoxy) is 1. The number of nitrogens with one attached hydrogen (secondary N) is 1. The molecular weight excluding hydrogens is 336 g/mol. The van der Waals surface area contributed by atoms with Crippen molar-refractivity contribution in [2.24, 2.45) is 0 Å². The molecule has 0 amide bonds. The van der Waals surface area contributed by atoms with Crippen molar-refractivity contribution in [3.63, 3.8) is 0 Å². The lowest BCUT2D eigenvalue weighted by atomic mass is 9.98. The van der Waals surface area contributed by atoms with E-state index in [1.807, 2.05) is 0 Å². The third-order valence-electron chi connectivity index (χ3n) is 3.89. The van der Waals surface area contributed by atoms with Gasteiger partial charge in [0.25, 0.3) is 0 Å². The van der Waals surface area contributed by atoms with Gasteiger partial charge in [0.05, 0.1) is 19.3 Å². The van der Waals surface area contributed by atoms with Gasteiger partial charge >= 0.3 is 6.18 Å². The van der Waals surface area contributed by atoms with Gasteiger partial charge in [0.1, 0.15) is 5.75 Å². The van der Waals surface area contributed by atoms with Crippen LogP contribution in [0.25, 0.3) is 0 Å². The van der Waals surface area contributed by atoms with Gasteiger partial charge < -0.3 is 10.1 Å². The molecule has 0 bridgehead atoms. The summed E-state index contributed by atoms with van der Waals surface area (Å²) >= 11 is 0. The number of hydrogen-bond acceptors (Lipinski definition) is 3. The second-order valence-electron chi connectivity index (χ2n) is 5.23. The Morgan fingerprint density at radius 1 is 1.26 bits per heavy atom. The molecule has 1 N–H and O–H groups in total. The summed E-state index contributed by atoms with van der Waals surface area (Å²) in [5.41, 5.74) is -0.151. The highest BCUT2D eigenvalue weighted by molar-refractivity contribution is 5.85. The first-order valence-electron chi connectivity index (χ1n) is 7.23. The van der Waals surface area contributed by atoms with Gasteiger partial charge in [-0.3, -0.25) is 9.29 Å². The second kappa shape index (κ2) is 8.70. The Bertz CT molecular complexity index is 493. The van der Waals surface area contributed by atoms with E-state index in [0.717, 1.165) is 38.3 Å². The predicted octanol–water partition coefficient (Wildman–Crippen LogP) is 3.44. The van der Waals surface area contributed by atoms with Crippen LogP contribution in [-0.4, -0.2) is 44.9 Å². The van der Waals surface area contributed by atoms with E-state index in [9.17, 15) is 17.6 Å². The zero-order chi connectivity index (χ0) is 16.2. The lowest BCUT2D eigenvalue weighted by Crippen LogP contribution is -2.45. The monoisotopic (exact) mass is 356 g/mol. The minimum absolute atomic E-state index is 0. The van der Waals surface area contributed by atoms with Crippen molar-refractivity contribution in [3.8, 4) is 5.75 Å². The van der Waals surface area contributed by atoms with Crippen molar-refractivity contribution >= 4 is 12.4 Å². The Morgan fingerprint density at radius 3 is 2.43 bits per heavy atom. The predicted molar refractivity (Wildman–Crippen MR) is 83.0 cm³/mol. The zero-order valence-corrected chi connectivity index (χ0v) is 13.6. The molecule has 1 saturated heterocycles. The molecule has 23 heavy (non-hydrogen) atoms. The average molecular weight is 357 g/mol. The van der Waals surface area contributed by atoms with Crippen LogP contribution in [0.15, 0.2) is 18.2 Å². The van der Waals surface area contributed by atoms with Crippen molar-refractivity contribution in [3.05, 3.63) is 29.3 Å². The van der Waals surface area contributed by atoms with Gasteiger partial charge in [-0.25, -0.2) is 0 Å². The van der Waals surface area contributed by atoms with Crippen molar-refractivity contribution in [1.29, 1.82) is 0 Å². The molecule has 0 radical (unpaired) electrons. The van der Waals surface area contributed by atoms with Crippen molar-refractivity contribution < 1.29 is 22.3 Å². The SMILES string of the molecule is COc1cc(C(F)(F)F)ccc1[C@@H](CCF)N1CCNCC1.Cl. The van der Waals surface area contributed by atoms with E-state index in [1.54, 1.807) is 0 Å². The first kappa shape index (κ1) is 20.0. The number of alkyl halides is 4. The summed E-state index contributed by atoms with van der Waals surface area (Å²) in [6.45, 7) is 2.50. The van der Waals surface area contributed by atoms with Crippen molar-refractivity contribution in [2.45, 2.75) is 18.6 Å². The fraction of sp³-hybridized carbons (Fsp3) is 0.600. The molecule has 132 valence electrons. The van der Waals surface area contributed by atoms with Crippen LogP contribution in [0.4, 0.5) is 17.6 Å². The normalized spacial score (nSPS) is 17.4. The summed E-state index contributed by atoms with van der Waals surface area (Å²) in [4.78, 5) is 2.08. The Labute approximate surface area is 139 Å². The fourth-order valence-corrected chi connectivity index (χ4v) is 2.79. The number of halogens is 5. The summed E-state index contributed by atoms with van der Waals surface area (Å²) < 4.78 is 56.5. The maximum atomic E-state index is 12.9. The number of piperazine rings is 1. The molecule has 1 atom stereocenters. The number of benzene rings is 1. The van der Waals surface area contributed by atoms with E-state index in [4.69, 9.17) is 4.74 Å². The smallest absolute Gasteiger partial charge is 0.416 e. The van der Waals surface area contributed by atoms with Crippen LogP contribution < -0.4 is 10.1 Å². The molecule has 1 aliphatic heterocycles. The molecule has 0 saturated carbocycles. The highest BCUT2D eigenvalue weighted by Gasteiger charge is 2.32. The standard InChI is InChI=1S/C15H20F4N2O.ClH/c1-22-14-10-11(15(17,18)19)2-3-12(14)13(4-5-16)21-8-6-20-7-9-21;/h2-3,10,13,20H,4-9H2,1H3;1H/t13-;/m1./s1. The number of rotatable bonds is 5. The minimum atomic E-state index is -4.42.